The molecule has 2 aromatic rings. The van der Waals surface area contributed by atoms with E-state index in [1.54, 1.807) is 38.1 Å². The molecular weight excluding hydrogens is 614 g/mol. The van der Waals surface area contributed by atoms with E-state index < -0.39 is 42.7 Å². The Morgan fingerprint density at radius 1 is 1.13 bits per heavy atom. The molecule has 0 aromatic carbocycles. The summed E-state index contributed by atoms with van der Waals surface area (Å²) in [4.78, 5) is 43.9. The Morgan fingerprint density at radius 2 is 1.83 bits per heavy atom. The monoisotopic (exact) mass is 662 g/mol. The normalized spacial score (nSPS) is 22.9. The van der Waals surface area contributed by atoms with Gasteiger partial charge in [-0.05, 0) is 51.9 Å². The van der Waals surface area contributed by atoms with Gasteiger partial charge in [0, 0.05) is 44.9 Å². The summed E-state index contributed by atoms with van der Waals surface area (Å²) in [6.45, 7) is 13.5. The van der Waals surface area contributed by atoms with Crippen molar-refractivity contribution >= 4 is 24.0 Å². The van der Waals surface area contributed by atoms with Crippen LogP contribution in [-0.2, 0) is 9.53 Å². The summed E-state index contributed by atoms with van der Waals surface area (Å²) in [7, 11) is 0. The minimum atomic E-state index is -2.99. The van der Waals surface area contributed by atoms with Gasteiger partial charge in [-0.25, -0.2) is 23.5 Å². The van der Waals surface area contributed by atoms with Gasteiger partial charge in [-0.15, -0.1) is 0 Å². The van der Waals surface area contributed by atoms with Gasteiger partial charge in [-0.2, -0.15) is 4.98 Å². The zero-order valence-corrected chi connectivity index (χ0v) is 28.2. The molecule has 5 heterocycles. The Balaban J connectivity index is 1.12. The molecule has 0 aliphatic carbocycles. The summed E-state index contributed by atoms with van der Waals surface area (Å²) in [5.74, 6) is -0.480. The third-order valence-electron chi connectivity index (χ3n) is 9.12. The molecule has 1 N–H and O–H groups in total. The first kappa shape index (κ1) is 34.6. The Hall–Kier alpha value is -3.78. The molecule has 0 radical (unpaired) electrons. The summed E-state index contributed by atoms with van der Waals surface area (Å²) >= 11 is 0. The number of alkyl halides is 2. The predicted octanol–water partition coefficient (Wildman–Crippen LogP) is 4.64. The zero-order valence-electron chi connectivity index (χ0n) is 28.2. The van der Waals surface area contributed by atoms with Crippen molar-refractivity contribution in [3.8, 4) is 5.75 Å². The largest absolute Gasteiger partial charge is 0.490 e. The second kappa shape index (κ2) is 14.1. The lowest BCUT2D eigenvalue weighted by atomic mass is 9.84. The van der Waals surface area contributed by atoms with Crippen molar-refractivity contribution in [2.75, 3.05) is 49.1 Å². The van der Waals surface area contributed by atoms with Gasteiger partial charge >= 0.3 is 12.1 Å². The van der Waals surface area contributed by atoms with Gasteiger partial charge in [-0.1, -0.05) is 25.9 Å². The van der Waals surface area contributed by atoms with Crippen LogP contribution >= 0.6 is 0 Å². The number of ether oxygens (including phenoxy) is 2. The van der Waals surface area contributed by atoms with Gasteiger partial charge in [0.1, 0.15) is 5.60 Å². The maximum atomic E-state index is 14.3. The van der Waals surface area contributed by atoms with Crippen molar-refractivity contribution in [2.24, 2.45) is 11.8 Å². The summed E-state index contributed by atoms with van der Waals surface area (Å²) in [6.07, 6.45) is 4.73. The number of halogens is 2. The molecule has 0 spiro atoms. The smallest absolute Gasteiger partial charge is 0.408 e. The van der Waals surface area contributed by atoms with E-state index >= 15 is 0 Å². The first-order valence-electron chi connectivity index (χ1n) is 16.6. The second-order valence-corrected chi connectivity index (χ2v) is 14.4. The van der Waals surface area contributed by atoms with Crippen molar-refractivity contribution in [2.45, 2.75) is 103 Å². The van der Waals surface area contributed by atoms with Crippen molar-refractivity contribution < 1.29 is 32.4 Å². The van der Waals surface area contributed by atoms with Gasteiger partial charge < -0.3 is 34.0 Å². The molecule has 0 bridgehead atoms. The van der Waals surface area contributed by atoms with Crippen LogP contribution in [0.5, 0.6) is 5.75 Å². The summed E-state index contributed by atoms with van der Waals surface area (Å²) in [5.41, 5.74) is -0.742. The number of nitrogens with zero attached hydrogens (tertiary/aromatic N) is 7. The molecule has 3 fully saturated rings. The number of aromatic nitrogens is 4. The minimum absolute atomic E-state index is 0.185. The number of alkyl carbamates (subject to hydrolysis) is 1. The Kier molecular flexibility index (Phi) is 10.4. The van der Waals surface area contributed by atoms with E-state index in [-0.39, 0.29) is 31.3 Å². The highest BCUT2D eigenvalue weighted by molar-refractivity contribution is 5.78. The van der Waals surface area contributed by atoms with Gasteiger partial charge in [-0.3, -0.25) is 4.79 Å². The van der Waals surface area contributed by atoms with Crippen LogP contribution in [0.2, 0.25) is 0 Å². The fourth-order valence-corrected chi connectivity index (χ4v) is 6.41. The predicted molar refractivity (Wildman–Crippen MR) is 170 cm³/mol. The molecule has 3 saturated heterocycles. The fourth-order valence-electron chi connectivity index (χ4n) is 6.41. The van der Waals surface area contributed by atoms with E-state index in [2.05, 4.69) is 37.2 Å². The zero-order chi connectivity index (χ0) is 33.9. The van der Waals surface area contributed by atoms with Crippen molar-refractivity contribution in [3.05, 3.63) is 18.2 Å². The molecule has 3 aliphatic heterocycles. The molecule has 2 aromatic heterocycles. The number of hydrogen-bond acceptors (Lipinski definition) is 11. The van der Waals surface area contributed by atoms with Gasteiger partial charge in [0.15, 0.2) is 11.6 Å². The highest BCUT2D eigenvalue weighted by Crippen LogP contribution is 2.33. The quantitative estimate of drug-likeness (QED) is 0.381. The van der Waals surface area contributed by atoms with Gasteiger partial charge in [0.25, 0.3) is 5.92 Å². The highest BCUT2D eigenvalue weighted by Gasteiger charge is 2.47. The number of hydrogen-bond donors (Lipinski definition) is 1. The number of carbonyl (C=O) groups is 2. The first-order chi connectivity index (χ1) is 22.2. The fraction of sp³-hybridized carbons (Fsp3) is 0.750. The van der Waals surface area contributed by atoms with Crippen LogP contribution in [0.15, 0.2) is 16.9 Å². The van der Waals surface area contributed by atoms with Crippen molar-refractivity contribution in [1.82, 2.24) is 30.3 Å². The van der Waals surface area contributed by atoms with E-state index in [4.69, 9.17) is 14.0 Å². The lowest BCUT2D eigenvalue weighted by molar-refractivity contribution is -0.150. The number of rotatable bonds is 10. The van der Waals surface area contributed by atoms with Crippen LogP contribution in [0.4, 0.5) is 25.5 Å². The van der Waals surface area contributed by atoms with Crippen LogP contribution in [-0.4, -0.2) is 99.9 Å². The minimum Gasteiger partial charge on any atom is -0.490 e. The lowest BCUT2D eigenvalue weighted by Gasteiger charge is -2.38. The Labute approximate surface area is 274 Å². The average molecular weight is 663 g/mol. The van der Waals surface area contributed by atoms with Gasteiger partial charge in [0.2, 0.25) is 11.9 Å². The molecule has 2 amide bonds. The van der Waals surface area contributed by atoms with E-state index in [1.807, 2.05) is 13.8 Å². The average Bonchev–Trinajstić information content (AvgIpc) is 3.66. The molecule has 15 heteroatoms. The van der Waals surface area contributed by atoms with E-state index in [0.29, 0.717) is 36.2 Å². The molecule has 0 unspecified atom stereocenters. The Morgan fingerprint density at radius 3 is 2.47 bits per heavy atom. The van der Waals surface area contributed by atoms with Crippen LogP contribution in [0.25, 0.3) is 0 Å². The number of carbonyl (C=O) groups excluding carboxylic acids is 2. The van der Waals surface area contributed by atoms with Crippen molar-refractivity contribution in [3.63, 3.8) is 0 Å². The standard InChI is InChI=1S/C32H48F2N8O5/c1-20(2)27-38-29(47-39-27)40-12-8-22(9-13-40)21(3)10-14-45-23-15-35-28(36-16-23)41-17-24(37-30(44)46-31(4,5)6)25(18-41)42-19-32(33,34)11-7-26(42)43/h15-16,20-22,24-25H,7-14,17-19H2,1-6H3,(H,37,44)/t21-,24+,25+/m1/s1. The second-order valence-electron chi connectivity index (χ2n) is 14.4. The maximum absolute atomic E-state index is 14.3. The number of piperidine rings is 2. The summed E-state index contributed by atoms with van der Waals surface area (Å²) < 4.78 is 45.5. The van der Waals surface area contributed by atoms with E-state index in [0.717, 1.165) is 38.2 Å². The third-order valence-corrected chi connectivity index (χ3v) is 9.12. The molecular formula is C32H48F2N8O5. The highest BCUT2D eigenvalue weighted by atomic mass is 19.3. The van der Waals surface area contributed by atoms with Crippen molar-refractivity contribution in [1.29, 1.82) is 0 Å². The molecule has 3 aliphatic rings. The number of amides is 2. The van der Waals surface area contributed by atoms with Gasteiger partial charge in [0.05, 0.1) is 37.6 Å². The maximum Gasteiger partial charge on any atom is 0.408 e. The number of anilines is 2. The lowest BCUT2D eigenvalue weighted by Crippen LogP contribution is -2.58. The molecule has 3 atom stereocenters. The first-order valence-corrected chi connectivity index (χ1v) is 16.6. The number of nitrogens with one attached hydrogen (secondary N) is 1. The topological polar surface area (TPSA) is 139 Å². The van der Waals surface area contributed by atoms with E-state index in [1.165, 1.54) is 4.90 Å². The molecule has 13 nitrogen and oxygen atoms in total. The molecule has 260 valence electrons. The van der Waals surface area contributed by atoms with E-state index in [9.17, 15) is 18.4 Å². The molecule has 47 heavy (non-hydrogen) atoms. The SMILES string of the molecule is CC(C)c1noc(N2CCC([C@H](C)CCOc3cnc(N4C[C@H](NC(=O)OC(C)(C)C)[C@@H](N5CC(F)(F)CCC5=O)C4)nc3)CC2)n1. The van der Waals surface area contributed by atoms with Crippen LogP contribution in [0, 0.1) is 11.8 Å². The summed E-state index contributed by atoms with van der Waals surface area (Å²) in [5, 5.41) is 6.87. The van der Waals surface area contributed by atoms with Crippen LogP contribution < -0.4 is 19.9 Å². The summed E-state index contributed by atoms with van der Waals surface area (Å²) in [6, 6.07) is -0.744. The Bertz CT molecular complexity index is 1360. The molecule has 0 saturated carbocycles. The molecule has 5 rings (SSSR count). The third kappa shape index (κ3) is 8.98. The number of likely N-dealkylation sites (tertiary alicyclic amines) is 1. The van der Waals surface area contributed by atoms with Crippen LogP contribution in [0.1, 0.15) is 85.4 Å². The van der Waals surface area contributed by atoms with Crippen LogP contribution in [0.3, 0.4) is 0 Å².